The molecule has 0 aliphatic heterocycles. The molecule has 5 heteroatoms. The lowest BCUT2D eigenvalue weighted by Gasteiger charge is -2.14. The van der Waals surface area contributed by atoms with Gasteiger partial charge in [0, 0.05) is 14.1 Å². The number of hydrogen-bond donors (Lipinski definition) is 1. The first-order chi connectivity index (χ1) is 8.49. The number of hydrogen-bond acceptors (Lipinski definition) is 4. The monoisotopic (exact) mass is 262 g/mol. The highest BCUT2D eigenvalue weighted by molar-refractivity contribution is 7.13. The molecule has 18 heavy (non-hydrogen) atoms. The van der Waals surface area contributed by atoms with E-state index in [4.69, 9.17) is 5.11 Å². The van der Waals surface area contributed by atoms with E-state index in [0.717, 1.165) is 10.6 Å². The number of carboxylic acids is 1. The van der Waals surface area contributed by atoms with E-state index in [1.807, 2.05) is 13.0 Å². The van der Waals surface area contributed by atoms with E-state index in [-0.39, 0.29) is 5.56 Å². The second kappa shape index (κ2) is 4.78. The van der Waals surface area contributed by atoms with Gasteiger partial charge in [0.25, 0.3) is 0 Å². The SMILES string of the molecule is Cc1csc(-c2ccc(C(=O)O)c(N(C)C)n2)c1. The van der Waals surface area contributed by atoms with Gasteiger partial charge in [0.15, 0.2) is 0 Å². The summed E-state index contributed by atoms with van der Waals surface area (Å²) >= 11 is 1.61. The average Bonchev–Trinajstić information content (AvgIpc) is 2.75. The molecule has 1 N–H and O–H groups in total. The summed E-state index contributed by atoms with van der Waals surface area (Å²) in [6.45, 7) is 2.03. The van der Waals surface area contributed by atoms with Crippen molar-refractivity contribution >= 4 is 23.1 Å². The lowest BCUT2D eigenvalue weighted by molar-refractivity contribution is 0.0697. The van der Waals surface area contributed by atoms with Crippen LogP contribution in [0.25, 0.3) is 10.6 Å². The molecule has 0 bridgehead atoms. The van der Waals surface area contributed by atoms with Gasteiger partial charge in [-0.15, -0.1) is 11.3 Å². The van der Waals surface area contributed by atoms with Crippen LogP contribution in [0.3, 0.4) is 0 Å². The Morgan fingerprint density at radius 3 is 2.61 bits per heavy atom. The van der Waals surface area contributed by atoms with Crippen molar-refractivity contribution in [2.45, 2.75) is 6.92 Å². The van der Waals surface area contributed by atoms with E-state index in [2.05, 4.69) is 10.4 Å². The van der Waals surface area contributed by atoms with Gasteiger partial charge in [0.1, 0.15) is 11.4 Å². The van der Waals surface area contributed by atoms with E-state index < -0.39 is 5.97 Å². The summed E-state index contributed by atoms with van der Waals surface area (Å²) in [7, 11) is 3.58. The molecule has 0 saturated heterocycles. The lowest BCUT2D eigenvalue weighted by atomic mass is 10.2. The van der Waals surface area contributed by atoms with Crippen molar-refractivity contribution in [2.75, 3.05) is 19.0 Å². The maximum absolute atomic E-state index is 11.1. The van der Waals surface area contributed by atoms with Crippen molar-refractivity contribution < 1.29 is 9.90 Å². The summed E-state index contributed by atoms with van der Waals surface area (Å²) in [6.07, 6.45) is 0. The van der Waals surface area contributed by atoms with Crippen molar-refractivity contribution in [3.8, 4) is 10.6 Å². The van der Waals surface area contributed by atoms with Crippen molar-refractivity contribution in [1.82, 2.24) is 4.98 Å². The zero-order valence-corrected chi connectivity index (χ0v) is 11.3. The third-order valence-corrected chi connectivity index (χ3v) is 3.58. The highest BCUT2D eigenvalue weighted by atomic mass is 32.1. The van der Waals surface area contributed by atoms with Crippen molar-refractivity contribution in [3.05, 3.63) is 34.7 Å². The van der Waals surface area contributed by atoms with E-state index in [9.17, 15) is 4.79 Å². The largest absolute Gasteiger partial charge is 0.478 e. The number of carbonyl (C=O) groups is 1. The van der Waals surface area contributed by atoms with E-state index in [0.29, 0.717) is 5.82 Å². The fourth-order valence-corrected chi connectivity index (χ4v) is 2.53. The second-order valence-electron chi connectivity index (χ2n) is 4.26. The molecule has 0 saturated carbocycles. The fourth-order valence-electron chi connectivity index (χ4n) is 1.66. The minimum Gasteiger partial charge on any atom is -0.478 e. The predicted octanol–water partition coefficient (Wildman–Crippen LogP) is 2.88. The van der Waals surface area contributed by atoms with Crippen molar-refractivity contribution in [2.24, 2.45) is 0 Å². The highest BCUT2D eigenvalue weighted by Gasteiger charge is 2.15. The molecule has 0 aromatic carbocycles. The fraction of sp³-hybridized carbons (Fsp3) is 0.231. The molecule has 2 aromatic rings. The summed E-state index contributed by atoms with van der Waals surface area (Å²) in [4.78, 5) is 18.3. The van der Waals surface area contributed by atoms with Gasteiger partial charge in [-0.25, -0.2) is 9.78 Å². The molecule has 0 spiro atoms. The minimum absolute atomic E-state index is 0.219. The van der Waals surface area contributed by atoms with Crippen LogP contribution in [-0.4, -0.2) is 30.2 Å². The van der Waals surface area contributed by atoms with Crippen molar-refractivity contribution in [3.63, 3.8) is 0 Å². The Balaban J connectivity index is 2.53. The molecule has 0 amide bonds. The third-order valence-electron chi connectivity index (χ3n) is 2.51. The zero-order valence-electron chi connectivity index (χ0n) is 10.5. The summed E-state index contributed by atoms with van der Waals surface area (Å²) in [5.41, 5.74) is 2.21. The summed E-state index contributed by atoms with van der Waals surface area (Å²) in [5.74, 6) is -0.480. The first-order valence-corrected chi connectivity index (χ1v) is 6.34. The van der Waals surface area contributed by atoms with Crippen molar-refractivity contribution in [1.29, 1.82) is 0 Å². The Bertz CT molecular complexity index is 590. The van der Waals surface area contributed by atoms with Crippen LogP contribution in [0.5, 0.6) is 0 Å². The van der Waals surface area contributed by atoms with E-state index in [1.54, 1.807) is 42.5 Å². The second-order valence-corrected chi connectivity index (χ2v) is 5.17. The van der Waals surface area contributed by atoms with Gasteiger partial charge < -0.3 is 10.0 Å². The number of thiophene rings is 1. The molecule has 0 atom stereocenters. The molecule has 0 aliphatic carbocycles. The van der Waals surface area contributed by atoms with Gasteiger partial charge in [0.2, 0.25) is 0 Å². The van der Waals surface area contributed by atoms with Gasteiger partial charge in [-0.1, -0.05) is 0 Å². The average molecular weight is 262 g/mol. The van der Waals surface area contributed by atoms with Crippen LogP contribution < -0.4 is 4.90 Å². The molecule has 0 unspecified atom stereocenters. The maximum Gasteiger partial charge on any atom is 0.339 e. The first kappa shape index (κ1) is 12.6. The van der Waals surface area contributed by atoms with Gasteiger partial charge in [-0.05, 0) is 36.1 Å². The highest BCUT2D eigenvalue weighted by Crippen LogP contribution is 2.28. The molecule has 4 nitrogen and oxygen atoms in total. The molecule has 94 valence electrons. The van der Waals surface area contributed by atoms with Crippen LogP contribution in [0.15, 0.2) is 23.6 Å². The van der Waals surface area contributed by atoms with Crippen LogP contribution in [0, 0.1) is 6.92 Å². The molecule has 2 rings (SSSR count). The topological polar surface area (TPSA) is 53.4 Å². The van der Waals surface area contributed by atoms with Crippen LogP contribution in [0.4, 0.5) is 5.82 Å². The number of pyridine rings is 1. The number of aromatic nitrogens is 1. The number of aryl methyl sites for hydroxylation is 1. The molecule has 2 aromatic heterocycles. The Morgan fingerprint density at radius 2 is 2.11 bits per heavy atom. The number of rotatable bonds is 3. The number of nitrogens with zero attached hydrogens (tertiary/aromatic N) is 2. The lowest BCUT2D eigenvalue weighted by Crippen LogP contribution is -2.15. The quantitative estimate of drug-likeness (QED) is 0.924. The Labute approximate surface area is 110 Å². The molecule has 0 radical (unpaired) electrons. The molecule has 2 heterocycles. The Morgan fingerprint density at radius 1 is 1.39 bits per heavy atom. The first-order valence-electron chi connectivity index (χ1n) is 5.46. The van der Waals surface area contributed by atoms with Gasteiger partial charge in [0.05, 0.1) is 10.6 Å². The Kier molecular flexibility index (Phi) is 3.34. The smallest absolute Gasteiger partial charge is 0.339 e. The maximum atomic E-state index is 11.1. The summed E-state index contributed by atoms with van der Waals surface area (Å²) in [5, 5.41) is 11.2. The number of carboxylic acid groups (broad SMARTS) is 1. The standard InChI is InChI=1S/C13H14N2O2S/c1-8-6-11(18-7-8)10-5-4-9(13(16)17)12(14-10)15(2)3/h4-7H,1-3H3,(H,16,17). The molecule has 0 fully saturated rings. The minimum atomic E-state index is -0.958. The molecule has 0 aliphatic rings. The van der Waals surface area contributed by atoms with Crippen LogP contribution in [0.2, 0.25) is 0 Å². The van der Waals surface area contributed by atoms with Crippen LogP contribution in [0.1, 0.15) is 15.9 Å². The van der Waals surface area contributed by atoms with E-state index >= 15 is 0 Å². The molecular weight excluding hydrogens is 248 g/mol. The van der Waals surface area contributed by atoms with Crippen LogP contribution in [-0.2, 0) is 0 Å². The van der Waals surface area contributed by atoms with Crippen LogP contribution >= 0.6 is 11.3 Å². The zero-order chi connectivity index (χ0) is 13.3. The normalized spacial score (nSPS) is 10.4. The Hall–Kier alpha value is -1.88. The number of anilines is 1. The summed E-state index contributed by atoms with van der Waals surface area (Å²) in [6, 6.07) is 5.41. The summed E-state index contributed by atoms with van der Waals surface area (Å²) < 4.78 is 0. The third kappa shape index (κ3) is 2.36. The van der Waals surface area contributed by atoms with E-state index in [1.165, 1.54) is 5.56 Å². The van der Waals surface area contributed by atoms with Gasteiger partial charge in [-0.2, -0.15) is 0 Å². The molecular formula is C13H14N2O2S. The number of aromatic carboxylic acids is 1. The van der Waals surface area contributed by atoms with Gasteiger partial charge in [-0.3, -0.25) is 0 Å². The predicted molar refractivity (Wildman–Crippen MR) is 73.6 cm³/mol. The van der Waals surface area contributed by atoms with Gasteiger partial charge >= 0.3 is 5.97 Å².